The number of anilines is 1. The van der Waals surface area contributed by atoms with Gasteiger partial charge in [-0.05, 0) is 36.8 Å². The molecule has 41 heavy (non-hydrogen) atoms. The van der Waals surface area contributed by atoms with Crippen molar-refractivity contribution in [2.75, 3.05) is 5.32 Å². The van der Waals surface area contributed by atoms with Gasteiger partial charge in [-0.1, -0.05) is 28.6 Å². The van der Waals surface area contributed by atoms with Crippen LogP contribution < -0.4 is 15.4 Å². The molecule has 0 spiro atoms. The van der Waals surface area contributed by atoms with Crippen LogP contribution in [0.15, 0.2) is 54.9 Å². The summed E-state index contributed by atoms with van der Waals surface area (Å²) in [5, 5.41) is 20.4. The molecule has 0 bridgehead atoms. The van der Waals surface area contributed by atoms with E-state index in [4.69, 9.17) is 0 Å². The molecule has 4 aromatic rings. The lowest BCUT2D eigenvalue weighted by molar-refractivity contribution is -0.274. The molecule has 0 radical (unpaired) electrons. The number of amides is 2. The number of halogens is 4. The Labute approximate surface area is 230 Å². The summed E-state index contributed by atoms with van der Waals surface area (Å²) in [5.41, 5.74) is 1.91. The second-order valence-corrected chi connectivity index (χ2v) is 8.95. The second-order valence-electron chi connectivity index (χ2n) is 8.95. The molecule has 4 rings (SSSR count). The predicted octanol–water partition coefficient (Wildman–Crippen LogP) is 3.01. The molecule has 1 unspecified atom stereocenters. The minimum Gasteiger partial charge on any atom is -0.406 e. The lowest BCUT2D eigenvalue weighted by atomic mass is 10.1. The first-order chi connectivity index (χ1) is 19.5. The van der Waals surface area contributed by atoms with Crippen molar-refractivity contribution in [1.29, 1.82) is 0 Å². The largest absolute Gasteiger partial charge is 0.573 e. The summed E-state index contributed by atoms with van der Waals surface area (Å²) in [5.74, 6) is -1.38. The van der Waals surface area contributed by atoms with Gasteiger partial charge in [-0.15, -0.1) is 23.4 Å². The van der Waals surface area contributed by atoms with Crippen LogP contribution in [0.2, 0.25) is 0 Å². The van der Waals surface area contributed by atoms with E-state index in [-0.39, 0.29) is 49.6 Å². The number of aryl methyl sites for hydroxylation is 2. The number of alkyl halides is 4. The number of carbonyl (C=O) groups is 2. The van der Waals surface area contributed by atoms with Crippen molar-refractivity contribution in [3.05, 3.63) is 77.5 Å². The van der Waals surface area contributed by atoms with Gasteiger partial charge in [0.2, 0.25) is 5.91 Å². The van der Waals surface area contributed by atoms with E-state index in [2.05, 4.69) is 41.0 Å². The van der Waals surface area contributed by atoms with Crippen LogP contribution in [0.3, 0.4) is 0 Å². The van der Waals surface area contributed by atoms with Crippen molar-refractivity contribution in [3.8, 4) is 5.75 Å². The first-order valence-electron chi connectivity index (χ1n) is 12.3. The lowest BCUT2D eigenvalue weighted by Crippen LogP contribution is -2.23. The van der Waals surface area contributed by atoms with Crippen molar-refractivity contribution < 1.29 is 31.9 Å². The zero-order valence-corrected chi connectivity index (χ0v) is 21.7. The Kier molecular flexibility index (Phi) is 9.21. The maximum Gasteiger partial charge on any atom is 0.573 e. The highest BCUT2D eigenvalue weighted by atomic mass is 19.4. The standard InChI is InChI=1S/C25H25F4N9O3/c1-16-4-2-6-19(31-16)12-30-24(40)21-14-37(35-33-21)9-8-18(26)13-38-15-22(34-36-38)32-23(39)11-17-5-3-7-20(10-17)41-25(27,28)29/h2-7,10,14-15,18H,8-9,11-13H2,1H3,(H,30,40)(H,32,39). The van der Waals surface area contributed by atoms with E-state index in [1.165, 1.54) is 33.9 Å². The van der Waals surface area contributed by atoms with E-state index < -0.39 is 30.1 Å². The Bertz CT molecular complexity index is 1490. The fourth-order valence-corrected chi connectivity index (χ4v) is 3.71. The first-order valence-corrected chi connectivity index (χ1v) is 12.3. The van der Waals surface area contributed by atoms with Crippen molar-refractivity contribution in [2.24, 2.45) is 0 Å². The molecule has 0 saturated heterocycles. The maximum atomic E-state index is 14.6. The Balaban J connectivity index is 1.20. The van der Waals surface area contributed by atoms with Gasteiger partial charge in [-0.2, -0.15) is 0 Å². The summed E-state index contributed by atoms with van der Waals surface area (Å²) in [6.45, 7) is 2.06. The number of pyridine rings is 1. The topological polar surface area (TPSA) is 142 Å². The zero-order valence-electron chi connectivity index (χ0n) is 21.7. The molecule has 0 fully saturated rings. The molecule has 0 saturated carbocycles. The summed E-state index contributed by atoms with van der Waals surface area (Å²) in [7, 11) is 0. The van der Waals surface area contributed by atoms with E-state index in [9.17, 15) is 27.2 Å². The minimum atomic E-state index is -4.84. The number of hydrogen-bond donors (Lipinski definition) is 2. The van der Waals surface area contributed by atoms with Crippen LogP contribution in [-0.2, 0) is 30.8 Å². The van der Waals surface area contributed by atoms with Crippen molar-refractivity contribution >= 4 is 17.6 Å². The first kappa shape index (κ1) is 29.1. The van der Waals surface area contributed by atoms with Crippen molar-refractivity contribution in [3.63, 3.8) is 0 Å². The van der Waals surface area contributed by atoms with Gasteiger partial charge in [-0.3, -0.25) is 19.3 Å². The third kappa shape index (κ3) is 9.36. The highest BCUT2D eigenvalue weighted by Crippen LogP contribution is 2.23. The van der Waals surface area contributed by atoms with Gasteiger partial charge in [0.1, 0.15) is 11.9 Å². The third-order valence-electron chi connectivity index (χ3n) is 5.51. The Morgan fingerprint density at radius 2 is 1.83 bits per heavy atom. The van der Waals surface area contributed by atoms with Crippen LogP contribution in [0.5, 0.6) is 5.75 Å². The van der Waals surface area contributed by atoms with Gasteiger partial charge in [0.25, 0.3) is 5.91 Å². The molecule has 16 heteroatoms. The zero-order chi connectivity index (χ0) is 29.4. The van der Waals surface area contributed by atoms with Gasteiger partial charge in [-0.25, -0.2) is 9.07 Å². The van der Waals surface area contributed by atoms with Crippen LogP contribution in [0.4, 0.5) is 23.4 Å². The van der Waals surface area contributed by atoms with E-state index in [1.54, 1.807) is 6.07 Å². The maximum absolute atomic E-state index is 14.6. The molecule has 0 aliphatic rings. The Hall–Kier alpha value is -4.89. The molecule has 0 aliphatic carbocycles. The second kappa shape index (κ2) is 13.0. The minimum absolute atomic E-state index is 0.0372. The molecular weight excluding hydrogens is 550 g/mol. The van der Waals surface area contributed by atoms with E-state index in [0.717, 1.165) is 17.8 Å². The summed E-state index contributed by atoms with van der Waals surface area (Å²) in [6, 6.07) is 10.5. The highest BCUT2D eigenvalue weighted by molar-refractivity contribution is 5.92. The lowest BCUT2D eigenvalue weighted by Gasteiger charge is -2.09. The van der Waals surface area contributed by atoms with Crippen LogP contribution in [0, 0.1) is 6.92 Å². The van der Waals surface area contributed by atoms with E-state index in [0.29, 0.717) is 5.69 Å². The SMILES string of the molecule is Cc1cccc(CNC(=O)c2cn(CCC(F)Cn3cc(NC(=O)Cc4cccc(OC(F)(F)F)c4)nn3)nn2)n1. The fourth-order valence-electron chi connectivity index (χ4n) is 3.71. The van der Waals surface area contributed by atoms with Crippen molar-refractivity contribution in [1.82, 2.24) is 40.3 Å². The number of carbonyl (C=O) groups excluding carboxylic acids is 2. The summed E-state index contributed by atoms with van der Waals surface area (Å²) in [6.07, 6.45) is -3.66. The molecule has 1 atom stereocenters. The number of hydrogen-bond acceptors (Lipinski definition) is 8. The quantitative estimate of drug-likeness (QED) is 0.246. The molecule has 2 N–H and O–H groups in total. The average Bonchev–Trinajstić information content (AvgIpc) is 3.55. The molecule has 216 valence electrons. The van der Waals surface area contributed by atoms with Crippen LogP contribution in [-0.4, -0.2) is 59.3 Å². The van der Waals surface area contributed by atoms with Crippen LogP contribution >= 0.6 is 0 Å². The summed E-state index contributed by atoms with van der Waals surface area (Å²) in [4.78, 5) is 28.9. The molecule has 3 heterocycles. The van der Waals surface area contributed by atoms with Crippen molar-refractivity contribution in [2.45, 2.75) is 51.9 Å². The number of rotatable bonds is 12. The van der Waals surface area contributed by atoms with E-state index >= 15 is 0 Å². The molecular formula is C25H25F4N9O3. The monoisotopic (exact) mass is 575 g/mol. The smallest absolute Gasteiger partial charge is 0.406 e. The number of ether oxygens (including phenoxy) is 1. The summed E-state index contributed by atoms with van der Waals surface area (Å²) < 4.78 is 58.2. The fraction of sp³-hybridized carbons (Fsp3) is 0.320. The molecule has 0 aliphatic heterocycles. The number of aromatic nitrogens is 7. The molecule has 1 aromatic carbocycles. The third-order valence-corrected chi connectivity index (χ3v) is 5.51. The van der Waals surface area contributed by atoms with Crippen LogP contribution in [0.1, 0.15) is 33.9 Å². The molecule has 3 aromatic heterocycles. The summed E-state index contributed by atoms with van der Waals surface area (Å²) >= 11 is 0. The van der Waals surface area contributed by atoms with E-state index in [1.807, 2.05) is 19.1 Å². The number of benzene rings is 1. The van der Waals surface area contributed by atoms with Gasteiger partial charge >= 0.3 is 6.36 Å². The number of nitrogens with zero attached hydrogens (tertiary/aromatic N) is 7. The van der Waals surface area contributed by atoms with Gasteiger partial charge in [0.15, 0.2) is 11.5 Å². The highest BCUT2D eigenvalue weighted by Gasteiger charge is 2.31. The predicted molar refractivity (Wildman–Crippen MR) is 135 cm³/mol. The Morgan fingerprint density at radius 3 is 2.61 bits per heavy atom. The van der Waals surface area contributed by atoms with Gasteiger partial charge in [0.05, 0.1) is 37.6 Å². The van der Waals surface area contributed by atoms with Gasteiger partial charge < -0.3 is 15.4 Å². The van der Waals surface area contributed by atoms with Crippen LogP contribution in [0.25, 0.3) is 0 Å². The van der Waals surface area contributed by atoms with Gasteiger partial charge in [0, 0.05) is 18.7 Å². The molecule has 2 amide bonds. The average molecular weight is 576 g/mol. The molecule has 12 nitrogen and oxygen atoms in total. The number of nitrogens with one attached hydrogen (secondary N) is 2. The normalized spacial score (nSPS) is 12.1. The Morgan fingerprint density at radius 1 is 1.05 bits per heavy atom.